The summed E-state index contributed by atoms with van der Waals surface area (Å²) in [7, 11) is 0. The molecule has 8 heteroatoms. The Morgan fingerprint density at radius 3 is 2.15 bits per heavy atom. The van der Waals surface area contributed by atoms with Gasteiger partial charge in [0, 0.05) is 13.0 Å². The third-order valence-corrected chi connectivity index (χ3v) is 4.69. The van der Waals surface area contributed by atoms with E-state index in [9.17, 15) is 24.0 Å². The standard InChI is InChI=1S/C19H20N2O6/c1-11(2)16(19(26)27-10-15(23)20-9-5-8-14(20)22)21-17(24)12-6-3-4-7-13(12)18(21)25/h3-4,6-7,11,16H,5,8-10H2,1-2H3/t16-/m1/s1. The molecule has 8 nitrogen and oxygen atoms in total. The van der Waals surface area contributed by atoms with Crippen LogP contribution < -0.4 is 0 Å². The zero-order chi connectivity index (χ0) is 19.7. The fraction of sp³-hybridized carbons (Fsp3) is 0.421. The lowest BCUT2D eigenvalue weighted by Crippen LogP contribution is -2.49. The molecule has 142 valence electrons. The number of fused-ring (bicyclic) bond motifs is 1. The van der Waals surface area contributed by atoms with E-state index >= 15 is 0 Å². The Morgan fingerprint density at radius 2 is 1.67 bits per heavy atom. The number of likely N-dealkylation sites (tertiary alicyclic amines) is 1. The van der Waals surface area contributed by atoms with E-state index in [-0.39, 0.29) is 17.0 Å². The van der Waals surface area contributed by atoms with Gasteiger partial charge in [0.05, 0.1) is 11.1 Å². The number of imide groups is 2. The van der Waals surface area contributed by atoms with E-state index in [4.69, 9.17) is 4.74 Å². The summed E-state index contributed by atoms with van der Waals surface area (Å²) in [4.78, 5) is 63.4. The van der Waals surface area contributed by atoms with Crippen LogP contribution in [0.3, 0.4) is 0 Å². The van der Waals surface area contributed by atoms with Crippen molar-refractivity contribution < 1.29 is 28.7 Å². The first-order chi connectivity index (χ1) is 12.8. The minimum atomic E-state index is -1.15. The average molecular weight is 372 g/mol. The highest BCUT2D eigenvalue weighted by atomic mass is 16.5. The van der Waals surface area contributed by atoms with Gasteiger partial charge in [-0.1, -0.05) is 26.0 Å². The van der Waals surface area contributed by atoms with Crippen LogP contribution in [0.15, 0.2) is 24.3 Å². The lowest BCUT2D eigenvalue weighted by molar-refractivity contribution is -0.158. The minimum Gasteiger partial charge on any atom is -0.454 e. The molecule has 1 saturated heterocycles. The lowest BCUT2D eigenvalue weighted by Gasteiger charge is -2.27. The molecule has 1 fully saturated rings. The van der Waals surface area contributed by atoms with Crippen LogP contribution in [0.2, 0.25) is 0 Å². The highest BCUT2D eigenvalue weighted by Crippen LogP contribution is 2.27. The molecule has 3 rings (SSSR count). The Bertz CT molecular complexity index is 796. The zero-order valence-electron chi connectivity index (χ0n) is 15.1. The molecule has 0 radical (unpaired) electrons. The molecule has 1 atom stereocenters. The topological polar surface area (TPSA) is 101 Å². The highest BCUT2D eigenvalue weighted by molar-refractivity contribution is 6.22. The van der Waals surface area contributed by atoms with Crippen molar-refractivity contribution in [3.8, 4) is 0 Å². The molecule has 0 unspecified atom stereocenters. The first-order valence-electron chi connectivity index (χ1n) is 8.79. The fourth-order valence-electron chi connectivity index (χ4n) is 3.34. The molecule has 2 aliphatic rings. The van der Waals surface area contributed by atoms with Crippen LogP contribution in [0.4, 0.5) is 0 Å². The third kappa shape index (κ3) is 3.34. The second-order valence-electron chi connectivity index (χ2n) is 6.87. The average Bonchev–Trinajstić information content (AvgIpc) is 3.17. The molecule has 2 heterocycles. The van der Waals surface area contributed by atoms with Gasteiger partial charge in [-0.15, -0.1) is 0 Å². The normalized spacial score (nSPS) is 17.5. The van der Waals surface area contributed by atoms with Gasteiger partial charge in [0.1, 0.15) is 6.04 Å². The third-order valence-electron chi connectivity index (χ3n) is 4.69. The maximum atomic E-state index is 12.6. The largest absolute Gasteiger partial charge is 0.454 e. The summed E-state index contributed by atoms with van der Waals surface area (Å²) < 4.78 is 5.07. The summed E-state index contributed by atoms with van der Waals surface area (Å²) >= 11 is 0. The fourth-order valence-corrected chi connectivity index (χ4v) is 3.34. The van der Waals surface area contributed by atoms with Crippen molar-refractivity contribution in [2.45, 2.75) is 32.7 Å². The molecular formula is C19H20N2O6. The van der Waals surface area contributed by atoms with Crippen molar-refractivity contribution >= 4 is 29.6 Å². The van der Waals surface area contributed by atoms with Gasteiger partial charge in [0.25, 0.3) is 17.7 Å². The van der Waals surface area contributed by atoms with Crippen molar-refractivity contribution in [1.82, 2.24) is 9.80 Å². The van der Waals surface area contributed by atoms with Crippen LogP contribution in [-0.2, 0) is 19.1 Å². The van der Waals surface area contributed by atoms with Crippen LogP contribution in [0.25, 0.3) is 0 Å². The predicted molar refractivity (Wildman–Crippen MR) is 92.5 cm³/mol. The molecular weight excluding hydrogens is 352 g/mol. The van der Waals surface area contributed by atoms with Crippen molar-refractivity contribution in [2.75, 3.05) is 13.2 Å². The molecule has 4 amide bonds. The number of amides is 4. The second-order valence-corrected chi connectivity index (χ2v) is 6.87. The van der Waals surface area contributed by atoms with Gasteiger partial charge in [-0.2, -0.15) is 0 Å². The molecule has 1 aromatic carbocycles. The van der Waals surface area contributed by atoms with Gasteiger partial charge >= 0.3 is 5.97 Å². The summed E-state index contributed by atoms with van der Waals surface area (Å²) in [6, 6.07) is 5.19. The SMILES string of the molecule is CC(C)[C@H](C(=O)OCC(=O)N1CCCC1=O)N1C(=O)c2ccccc2C1=O. The van der Waals surface area contributed by atoms with Crippen LogP contribution in [0, 0.1) is 5.92 Å². The Labute approximate surface area is 156 Å². The van der Waals surface area contributed by atoms with E-state index in [2.05, 4.69) is 0 Å². The maximum Gasteiger partial charge on any atom is 0.330 e. The summed E-state index contributed by atoms with van der Waals surface area (Å²) in [5.41, 5.74) is 0.472. The van der Waals surface area contributed by atoms with Crippen molar-refractivity contribution in [1.29, 1.82) is 0 Å². The molecule has 0 saturated carbocycles. The molecule has 2 aliphatic heterocycles. The van der Waals surface area contributed by atoms with Gasteiger partial charge in [-0.05, 0) is 24.5 Å². The molecule has 27 heavy (non-hydrogen) atoms. The first kappa shape index (κ1) is 18.8. The zero-order valence-corrected chi connectivity index (χ0v) is 15.1. The number of rotatable bonds is 5. The number of ether oxygens (including phenoxy) is 1. The van der Waals surface area contributed by atoms with Gasteiger partial charge in [-0.3, -0.25) is 29.0 Å². The molecule has 0 N–H and O–H groups in total. The highest BCUT2D eigenvalue weighted by Gasteiger charge is 2.44. The lowest BCUT2D eigenvalue weighted by atomic mass is 10.0. The number of carbonyl (C=O) groups excluding carboxylic acids is 5. The van der Waals surface area contributed by atoms with Gasteiger partial charge in [0.2, 0.25) is 5.91 Å². The maximum absolute atomic E-state index is 12.6. The Kier molecular flexibility index (Phi) is 5.07. The molecule has 0 spiro atoms. The Balaban J connectivity index is 1.73. The Hall–Kier alpha value is -3.03. The number of carbonyl (C=O) groups is 5. The number of hydrogen-bond donors (Lipinski definition) is 0. The van der Waals surface area contributed by atoms with Crippen LogP contribution in [0.1, 0.15) is 47.4 Å². The smallest absolute Gasteiger partial charge is 0.330 e. The molecule has 1 aromatic rings. The Morgan fingerprint density at radius 1 is 1.07 bits per heavy atom. The van der Waals surface area contributed by atoms with E-state index in [1.54, 1.807) is 26.0 Å². The number of hydrogen-bond acceptors (Lipinski definition) is 6. The molecule has 0 aliphatic carbocycles. The predicted octanol–water partition coefficient (Wildman–Crippen LogP) is 0.999. The number of benzene rings is 1. The number of esters is 1. The van der Waals surface area contributed by atoms with Crippen molar-refractivity contribution in [3.05, 3.63) is 35.4 Å². The second kappa shape index (κ2) is 7.30. The van der Waals surface area contributed by atoms with Gasteiger partial charge < -0.3 is 4.74 Å². The molecule has 0 bridgehead atoms. The molecule has 0 aromatic heterocycles. The summed E-state index contributed by atoms with van der Waals surface area (Å²) in [5, 5.41) is 0. The summed E-state index contributed by atoms with van der Waals surface area (Å²) in [6.07, 6.45) is 0.880. The van der Waals surface area contributed by atoms with Crippen LogP contribution >= 0.6 is 0 Å². The van der Waals surface area contributed by atoms with E-state index in [0.717, 1.165) is 9.80 Å². The quantitative estimate of drug-likeness (QED) is 0.565. The van der Waals surface area contributed by atoms with E-state index in [1.807, 2.05) is 0 Å². The number of nitrogens with zero attached hydrogens (tertiary/aromatic N) is 2. The summed E-state index contributed by atoms with van der Waals surface area (Å²) in [6.45, 7) is 3.07. The minimum absolute atomic E-state index is 0.236. The van der Waals surface area contributed by atoms with Crippen molar-refractivity contribution in [3.63, 3.8) is 0 Å². The summed E-state index contributed by atoms with van der Waals surface area (Å²) in [5.74, 6) is -3.28. The van der Waals surface area contributed by atoms with E-state index < -0.39 is 42.3 Å². The van der Waals surface area contributed by atoms with Gasteiger partial charge in [0.15, 0.2) is 6.61 Å². The van der Waals surface area contributed by atoms with Crippen molar-refractivity contribution in [2.24, 2.45) is 5.92 Å². The van der Waals surface area contributed by atoms with E-state index in [1.165, 1.54) is 12.1 Å². The van der Waals surface area contributed by atoms with E-state index in [0.29, 0.717) is 19.4 Å². The first-order valence-corrected chi connectivity index (χ1v) is 8.79. The van der Waals surface area contributed by atoms with Crippen LogP contribution in [0.5, 0.6) is 0 Å². The monoisotopic (exact) mass is 372 g/mol. The van der Waals surface area contributed by atoms with Gasteiger partial charge in [-0.25, -0.2) is 4.79 Å². The van der Waals surface area contributed by atoms with Crippen LogP contribution in [-0.4, -0.2) is 58.6 Å².